The lowest BCUT2D eigenvalue weighted by Gasteiger charge is -2.05. The fraction of sp³-hybridized carbons (Fsp3) is 0.111. The molecule has 7 heteroatoms. The van der Waals surface area contributed by atoms with Crippen molar-refractivity contribution in [2.45, 2.75) is 0 Å². The van der Waals surface area contributed by atoms with Crippen LogP contribution in [0.15, 0.2) is 40.6 Å². The van der Waals surface area contributed by atoms with E-state index in [0.29, 0.717) is 5.75 Å². The molecule has 2 rings (SSSR count). The topological polar surface area (TPSA) is 94.6 Å². The van der Waals surface area contributed by atoms with Crippen LogP contribution >= 0.6 is 0 Å². The molecule has 0 saturated carbocycles. The van der Waals surface area contributed by atoms with Crippen molar-refractivity contribution in [3.63, 3.8) is 0 Å². The first-order valence-electron chi connectivity index (χ1n) is 4.41. The predicted molar refractivity (Wildman–Crippen MR) is 58.4 cm³/mol. The summed E-state index contributed by atoms with van der Waals surface area (Å²) in [7, 11) is -3.59. The summed E-state index contributed by atoms with van der Waals surface area (Å²) in [6.07, 6.45) is 4.28. The van der Waals surface area contributed by atoms with Crippen LogP contribution in [0.3, 0.4) is 0 Å². The molecule has 0 amide bonds. The molecule has 0 fully saturated rings. The molecule has 1 aromatic heterocycles. The van der Waals surface area contributed by atoms with Gasteiger partial charge in [-0.05, 0) is 12.1 Å². The van der Waals surface area contributed by atoms with Gasteiger partial charge in [0.05, 0.1) is 6.20 Å². The minimum absolute atomic E-state index is 0.0499. The molecule has 2 N–H and O–H groups in total. The second-order valence-corrected chi connectivity index (χ2v) is 4.99. The predicted octanol–water partition coefficient (Wildman–Crippen LogP) is 0.0449. The summed E-state index contributed by atoms with van der Waals surface area (Å²) < 4.78 is 28.2. The maximum Gasteiger partial charge on any atom is 0.240 e. The summed E-state index contributed by atoms with van der Waals surface area (Å²) in [4.78, 5) is 7.42. The zero-order valence-electron chi connectivity index (χ0n) is 8.20. The second-order valence-electron chi connectivity index (χ2n) is 3.04. The van der Waals surface area contributed by atoms with Crippen LogP contribution in [-0.4, -0.2) is 25.2 Å². The quantitative estimate of drug-likeness (QED) is 0.803. The normalized spacial score (nSPS) is 17.8. The van der Waals surface area contributed by atoms with E-state index in [1.165, 1.54) is 12.4 Å². The molecule has 0 spiro atoms. The Morgan fingerprint density at radius 3 is 2.81 bits per heavy atom. The Bertz CT molecular complexity index is 549. The lowest BCUT2D eigenvalue weighted by molar-refractivity contribution is 0.356. The third-order valence-corrected chi connectivity index (χ3v) is 3.54. The maximum absolute atomic E-state index is 11.5. The Hall–Kier alpha value is -1.89. The molecular formula is C9H9N3O3S. The van der Waals surface area contributed by atoms with E-state index >= 15 is 0 Å². The zero-order chi connectivity index (χ0) is 11.6. The highest BCUT2D eigenvalue weighted by atomic mass is 32.2. The first-order chi connectivity index (χ1) is 7.60. The molecule has 0 aliphatic carbocycles. The maximum atomic E-state index is 11.5. The van der Waals surface area contributed by atoms with Gasteiger partial charge in [0.1, 0.15) is 17.3 Å². The monoisotopic (exact) mass is 239 g/mol. The van der Waals surface area contributed by atoms with E-state index in [0.717, 1.165) is 0 Å². The van der Waals surface area contributed by atoms with Gasteiger partial charge in [-0.2, -0.15) is 0 Å². The van der Waals surface area contributed by atoms with Gasteiger partial charge in [-0.3, -0.25) is 4.98 Å². The molecule has 0 atom stereocenters. The fourth-order valence-corrected chi connectivity index (χ4v) is 1.98. The molecule has 1 aromatic rings. The van der Waals surface area contributed by atoms with Crippen LogP contribution in [0.5, 0.6) is 5.75 Å². The van der Waals surface area contributed by atoms with Crippen molar-refractivity contribution in [2.75, 3.05) is 6.61 Å². The minimum Gasteiger partial charge on any atom is -0.486 e. The fourth-order valence-electron chi connectivity index (χ4n) is 1.11. The van der Waals surface area contributed by atoms with Crippen molar-refractivity contribution in [3.05, 3.63) is 35.6 Å². The van der Waals surface area contributed by atoms with Gasteiger partial charge < -0.3 is 10.5 Å². The number of rotatable bonds is 3. The van der Waals surface area contributed by atoms with Crippen LogP contribution in [0.4, 0.5) is 0 Å². The molecule has 1 aliphatic rings. The molecule has 0 bridgehead atoms. The Morgan fingerprint density at radius 1 is 1.44 bits per heavy atom. The summed E-state index contributed by atoms with van der Waals surface area (Å²) in [5.74, 6) is 0.490. The Kier molecular flexibility index (Phi) is 2.61. The number of hydrogen-bond acceptors (Lipinski definition) is 6. The number of nitrogens with zero attached hydrogens (tertiary/aromatic N) is 2. The number of amidine groups is 1. The van der Waals surface area contributed by atoms with Crippen LogP contribution in [0, 0.1) is 0 Å². The number of nitrogens with two attached hydrogens (primary N) is 1. The summed E-state index contributed by atoms with van der Waals surface area (Å²) in [5, 5.41) is -0.391. The van der Waals surface area contributed by atoms with Gasteiger partial charge in [-0.25, -0.2) is 13.4 Å². The summed E-state index contributed by atoms with van der Waals surface area (Å²) in [5.41, 5.74) is 5.21. The van der Waals surface area contributed by atoms with Gasteiger partial charge in [0.2, 0.25) is 15.0 Å². The van der Waals surface area contributed by atoms with Crippen LogP contribution in [0.2, 0.25) is 0 Å². The molecule has 2 heterocycles. The van der Waals surface area contributed by atoms with Crippen molar-refractivity contribution in [1.29, 1.82) is 0 Å². The van der Waals surface area contributed by atoms with E-state index in [1.807, 2.05) is 0 Å². The lowest BCUT2D eigenvalue weighted by atomic mass is 10.5. The van der Waals surface area contributed by atoms with Gasteiger partial charge >= 0.3 is 0 Å². The summed E-state index contributed by atoms with van der Waals surface area (Å²) in [6.45, 7) is -0.0990. The second kappa shape index (κ2) is 3.93. The Labute approximate surface area is 92.4 Å². The van der Waals surface area contributed by atoms with Crippen molar-refractivity contribution in [1.82, 2.24) is 4.98 Å². The third kappa shape index (κ3) is 1.89. The highest BCUT2D eigenvalue weighted by Gasteiger charge is 2.27. The smallest absolute Gasteiger partial charge is 0.240 e. The van der Waals surface area contributed by atoms with E-state index in [4.69, 9.17) is 10.5 Å². The van der Waals surface area contributed by atoms with Crippen molar-refractivity contribution < 1.29 is 13.2 Å². The lowest BCUT2D eigenvalue weighted by Crippen LogP contribution is -2.23. The van der Waals surface area contributed by atoms with E-state index in [1.54, 1.807) is 18.3 Å². The third-order valence-electron chi connectivity index (χ3n) is 1.97. The van der Waals surface area contributed by atoms with Crippen molar-refractivity contribution in [2.24, 2.45) is 10.7 Å². The van der Waals surface area contributed by atoms with Gasteiger partial charge in [0.15, 0.2) is 0 Å². The number of pyridine rings is 1. The summed E-state index contributed by atoms with van der Waals surface area (Å²) >= 11 is 0. The average Bonchev–Trinajstić information content (AvgIpc) is 2.53. The molecular weight excluding hydrogens is 230 g/mol. The van der Waals surface area contributed by atoms with E-state index < -0.39 is 15.0 Å². The van der Waals surface area contributed by atoms with Crippen LogP contribution in [0.25, 0.3) is 0 Å². The van der Waals surface area contributed by atoms with E-state index in [-0.39, 0.29) is 11.5 Å². The Morgan fingerprint density at radius 2 is 2.25 bits per heavy atom. The first kappa shape index (κ1) is 10.6. The molecule has 16 heavy (non-hydrogen) atoms. The van der Waals surface area contributed by atoms with Gasteiger partial charge in [-0.15, -0.1) is 0 Å². The number of hydrogen-bond donors (Lipinski definition) is 1. The average molecular weight is 239 g/mol. The molecule has 6 nitrogen and oxygen atoms in total. The molecule has 84 valence electrons. The molecule has 1 aliphatic heterocycles. The number of aliphatic imine (C=N–C) groups is 1. The van der Waals surface area contributed by atoms with Gasteiger partial charge in [0.25, 0.3) is 0 Å². The molecule has 0 saturated heterocycles. The Balaban J connectivity index is 2.05. The SMILES string of the molecule is NC1=NC=C(COc2cccnc2)S1(=O)=O. The van der Waals surface area contributed by atoms with Crippen molar-refractivity contribution >= 4 is 15.0 Å². The summed E-state index contributed by atoms with van der Waals surface area (Å²) in [6, 6.07) is 3.37. The van der Waals surface area contributed by atoms with E-state index in [2.05, 4.69) is 9.98 Å². The standard InChI is InChI=1S/C9H9N3O3S/c10-9-12-5-8(16(9,13)14)6-15-7-2-1-3-11-4-7/h1-5H,6H2,(H2,10,12). The zero-order valence-corrected chi connectivity index (χ0v) is 9.02. The number of sulfone groups is 1. The highest BCUT2D eigenvalue weighted by Crippen LogP contribution is 2.16. The van der Waals surface area contributed by atoms with E-state index in [9.17, 15) is 8.42 Å². The molecule has 0 aromatic carbocycles. The van der Waals surface area contributed by atoms with Crippen LogP contribution < -0.4 is 10.5 Å². The van der Waals surface area contributed by atoms with Crippen LogP contribution in [0.1, 0.15) is 0 Å². The minimum atomic E-state index is -3.59. The molecule has 0 unspecified atom stereocenters. The van der Waals surface area contributed by atoms with Gasteiger partial charge in [-0.1, -0.05) is 0 Å². The van der Waals surface area contributed by atoms with Crippen LogP contribution in [-0.2, 0) is 9.84 Å². The highest BCUT2D eigenvalue weighted by molar-refractivity contribution is 8.09. The largest absolute Gasteiger partial charge is 0.486 e. The first-order valence-corrected chi connectivity index (χ1v) is 5.89. The molecule has 0 radical (unpaired) electrons. The van der Waals surface area contributed by atoms with Crippen molar-refractivity contribution in [3.8, 4) is 5.75 Å². The van der Waals surface area contributed by atoms with Gasteiger partial charge in [0, 0.05) is 12.4 Å². The number of ether oxygens (including phenoxy) is 1. The number of aromatic nitrogens is 1.